The van der Waals surface area contributed by atoms with Crippen LogP contribution in [0.2, 0.25) is 0 Å². The molecule has 0 aliphatic carbocycles. The van der Waals surface area contributed by atoms with Gasteiger partial charge in [-0.3, -0.25) is 14.7 Å². The van der Waals surface area contributed by atoms with E-state index in [1.165, 1.54) is 0 Å². The summed E-state index contributed by atoms with van der Waals surface area (Å²) in [4.78, 5) is 18.5. The summed E-state index contributed by atoms with van der Waals surface area (Å²) in [7, 11) is 0. The van der Waals surface area contributed by atoms with E-state index in [0.29, 0.717) is 19.5 Å². The number of hydrogen-bond acceptors (Lipinski definition) is 4. The molecule has 2 unspecified atom stereocenters. The van der Waals surface area contributed by atoms with Crippen molar-refractivity contribution in [3.63, 3.8) is 0 Å². The molecule has 2 N–H and O–H groups in total. The Morgan fingerprint density at radius 2 is 2.37 bits per heavy atom. The second-order valence-corrected chi connectivity index (χ2v) is 4.95. The highest BCUT2D eigenvalue weighted by Gasteiger charge is 2.31. The molecule has 5 nitrogen and oxygen atoms in total. The van der Waals surface area contributed by atoms with E-state index in [2.05, 4.69) is 22.1 Å². The third kappa shape index (κ3) is 3.52. The highest BCUT2D eigenvalue weighted by Crippen LogP contribution is 2.18. The number of nitrogens with one attached hydrogen (secondary N) is 1. The van der Waals surface area contributed by atoms with Crippen LogP contribution in [0.3, 0.4) is 0 Å². The molecule has 1 fully saturated rings. The number of aromatic nitrogens is 1. The van der Waals surface area contributed by atoms with E-state index in [4.69, 9.17) is 0 Å². The van der Waals surface area contributed by atoms with Crippen molar-refractivity contribution in [2.75, 3.05) is 13.2 Å². The van der Waals surface area contributed by atoms with Gasteiger partial charge in [0.15, 0.2) is 0 Å². The van der Waals surface area contributed by atoms with Gasteiger partial charge in [0, 0.05) is 31.9 Å². The Morgan fingerprint density at radius 1 is 1.53 bits per heavy atom. The van der Waals surface area contributed by atoms with Gasteiger partial charge in [-0.2, -0.15) is 0 Å². The third-order valence-corrected chi connectivity index (χ3v) is 3.60. The molecular weight excluding hydrogens is 242 g/mol. The Hall–Kier alpha value is -1.46. The monoisotopic (exact) mass is 263 g/mol. The predicted octanol–water partition coefficient (Wildman–Crippen LogP) is 0.543. The average Bonchev–Trinajstić information content (AvgIpc) is 2.54. The molecule has 1 amide bonds. The van der Waals surface area contributed by atoms with Gasteiger partial charge in [-0.25, -0.2) is 0 Å². The molecule has 0 bridgehead atoms. The van der Waals surface area contributed by atoms with E-state index >= 15 is 0 Å². The van der Waals surface area contributed by atoms with E-state index in [9.17, 15) is 9.90 Å². The molecular formula is C14H21N3O2. The fraction of sp³-hybridized carbons (Fsp3) is 0.571. The summed E-state index contributed by atoms with van der Waals surface area (Å²) >= 11 is 0. The summed E-state index contributed by atoms with van der Waals surface area (Å²) in [5.74, 6) is 0.00864. The van der Waals surface area contributed by atoms with E-state index in [0.717, 1.165) is 12.1 Å². The van der Waals surface area contributed by atoms with Gasteiger partial charge in [0.1, 0.15) is 0 Å². The highest BCUT2D eigenvalue weighted by molar-refractivity contribution is 5.82. The first kappa shape index (κ1) is 14.0. The predicted molar refractivity (Wildman–Crippen MR) is 72.4 cm³/mol. The Kier molecular flexibility index (Phi) is 4.87. The number of rotatable bonds is 4. The number of carbonyl (C=O) groups is 1. The van der Waals surface area contributed by atoms with Crippen molar-refractivity contribution in [2.24, 2.45) is 0 Å². The lowest BCUT2D eigenvalue weighted by atomic mass is 10.1. The van der Waals surface area contributed by atoms with Gasteiger partial charge in [0.2, 0.25) is 5.91 Å². The van der Waals surface area contributed by atoms with Crippen LogP contribution in [-0.2, 0) is 11.3 Å². The van der Waals surface area contributed by atoms with Crippen molar-refractivity contribution >= 4 is 5.91 Å². The molecule has 1 aromatic heterocycles. The zero-order valence-corrected chi connectivity index (χ0v) is 11.2. The van der Waals surface area contributed by atoms with Crippen molar-refractivity contribution in [1.82, 2.24) is 15.2 Å². The van der Waals surface area contributed by atoms with Gasteiger partial charge in [-0.15, -0.1) is 0 Å². The molecule has 1 aliphatic heterocycles. The molecule has 0 radical (unpaired) electrons. The molecule has 1 saturated heterocycles. The van der Waals surface area contributed by atoms with Crippen molar-refractivity contribution < 1.29 is 9.90 Å². The molecule has 0 spiro atoms. The topological polar surface area (TPSA) is 65.5 Å². The standard InChI is InChI=1S/C14H21N3O2/c1-11-5-8-16-14(19)13(6-9-18)17(11)10-12-4-2-3-7-15-12/h2-4,7,11,13,18H,5-6,8-10H2,1H3,(H,16,19). The maximum atomic E-state index is 12.1. The van der Waals surface area contributed by atoms with E-state index < -0.39 is 0 Å². The average molecular weight is 263 g/mol. The third-order valence-electron chi connectivity index (χ3n) is 3.60. The number of amides is 1. The van der Waals surface area contributed by atoms with E-state index in [1.54, 1.807) is 6.20 Å². The Bertz CT molecular complexity index is 410. The summed E-state index contributed by atoms with van der Waals surface area (Å²) in [6.07, 6.45) is 3.14. The Morgan fingerprint density at radius 3 is 3.05 bits per heavy atom. The lowest BCUT2D eigenvalue weighted by Gasteiger charge is -2.32. The van der Waals surface area contributed by atoms with Gasteiger partial charge >= 0.3 is 0 Å². The summed E-state index contributed by atoms with van der Waals surface area (Å²) in [5, 5.41) is 12.1. The first-order valence-electron chi connectivity index (χ1n) is 6.76. The van der Waals surface area contributed by atoms with Gasteiger partial charge in [-0.05, 0) is 31.9 Å². The zero-order chi connectivity index (χ0) is 13.7. The number of carbonyl (C=O) groups excluding carboxylic acids is 1. The fourth-order valence-corrected chi connectivity index (χ4v) is 2.51. The zero-order valence-electron chi connectivity index (χ0n) is 11.2. The second-order valence-electron chi connectivity index (χ2n) is 4.95. The SMILES string of the molecule is CC1CCNC(=O)C(CCO)N1Cc1ccccn1. The number of pyridine rings is 1. The largest absolute Gasteiger partial charge is 0.396 e. The number of aliphatic hydroxyl groups excluding tert-OH is 1. The van der Waals surface area contributed by atoms with Crippen molar-refractivity contribution in [3.8, 4) is 0 Å². The van der Waals surface area contributed by atoms with Crippen molar-refractivity contribution in [3.05, 3.63) is 30.1 Å². The molecule has 104 valence electrons. The number of nitrogens with zero attached hydrogens (tertiary/aromatic N) is 2. The van der Waals surface area contributed by atoms with Crippen LogP contribution in [0.5, 0.6) is 0 Å². The molecule has 2 rings (SSSR count). The van der Waals surface area contributed by atoms with E-state index in [-0.39, 0.29) is 24.6 Å². The van der Waals surface area contributed by atoms with Gasteiger partial charge in [-0.1, -0.05) is 6.07 Å². The summed E-state index contributed by atoms with van der Waals surface area (Å²) in [5.41, 5.74) is 0.951. The minimum absolute atomic E-state index is 0.00864. The van der Waals surface area contributed by atoms with Crippen LogP contribution in [-0.4, -0.2) is 46.1 Å². The van der Waals surface area contributed by atoms with Crippen LogP contribution in [0.4, 0.5) is 0 Å². The molecule has 19 heavy (non-hydrogen) atoms. The first-order valence-corrected chi connectivity index (χ1v) is 6.76. The van der Waals surface area contributed by atoms with E-state index in [1.807, 2.05) is 18.2 Å². The van der Waals surface area contributed by atoms with Gasteiger partial charge in [0.25, 0.3) is 0 Å². The molecule has 2 heterocycles. The second kappa shape index (κ2) is 6.63. The smallest absolute Gasteiger partial charge is 0.237 e. The minimum atomic E-state index is -0.274. The maximum absolute atomic E-state index is 12.1. The van der Waals surface area contributed by atoms with Crippen LogP contribution in [0.1, 0.15) is 25.5 Å². The molecule has 5 heteroatoms. The minimum Gasteiger partial charge on any atom is -0.396 e. The lowest BCUT2D eigenvalue weighted by molar-refractivity contribution is -0.126. The number of aliphatic hydroxyl groups is 1. The van der Waals surface area contributed by atoms with Crippen LogP contribution < -0.4 is 5.32 Å². The van der Waals surface area contributed by atoms with Crippen molar-refractivity contribution in [1.29, 1.82) is 0 Å². The number of hydrogen-bond donors (Lipinski definition) is 2. The molecule has 1 aliphatic rings. The molecule has 2 atom stereocenters. The summed E-state index contributed by atoms with van der Waals surface area (Å²) < 4.78 is 0. The fourth-order valence-electron chi connectivity index (χ4n) is 2.51. The summed E-state index contributed by atoms with van der Waals surface area (Å²) in [6.45, 7) is 3.47. The normalized spacial score (nSPS) is 24.8. The van der Waals surface area contributed by atoms with Crippen molar-refractivity contribution in [2.45, 2.75) is 38.4 Å². The Labute approximate surface area is 113 Å². The maximum Gasteiger partial charge on any atom is 0.237 e. The summed E-state index contributed by atoms with van der Waals surface area (Å²) in [6, 6.07) is 5.81. The van der Waals surface area contributed by atoms with Crippen LogP contribution in [0, 0.1) is 0 Å². The quantitative estimate of drug-likeness (QED) is 0.832. The first-order chi connectivity index (χ1) is 9.22. The van der Waals surface area contributed by atoms with Gasteiger partial charge < -0.3 is 10.4 Å². The molecule has 0 saturated carbocycles. The van der Waals surface area contributed by atoms with Crippen LogP contribution in [0.15, 0.2) is 24.4 Å². The molecule has 1 aromatic rings. The molecule has 0 aromatic carbocycles. The Balaban J connectivity index is 2.17. The van der Waals surface area contributed by atoms with Crippen LogP contribution in [0.25, 0.3) is 0 Å². The van der Waals surface area contributed by atoms with Crippen LogP contribution >= 0.6 is 0 Å². The highest BCUT2D eigenvalue weighted by atomic mass is 16.3. The van der Waals surface area contributed by atoms with Gasteiger partial charge in [0.05, 0.1) is 11.7 Å². The lowest BCUT2D eigenvalue weighted by Crippen LogP contribution is -2.47.